The van der Waals surface area contributed by atoms with Crippen LogP contribution in [0.15, 0.2) is 54.1 Å². The highest BCUT2D eigenvalue weighted by Gasteiger charge is 2.45. The van der Waals surface area contributed by atoms with Crippen molar-refractivity contribution in [2.24, 2.45) is 0 Å². The first-order chi connectivity index (χ1) is 15.9. The highest BCUT2D eigenvalue weighted by Crippen LogP contribution is 2.40. The van der Waals surface area contributed by atoms with E-state index in [1.165, 1.54) is 0 Å². The highest BCUT2D eigenvalue weighted by atomic mass is 16.5. The molecular formula is C26H32N2O5. The van der Waals surface area contributed by atoms with Crippen LogP contribution in [0.2, 0.25) is 0 Å². The first kappa shape index (κ1) is 24.3. The number of Topliss-reactive ketones (excluding diaryl/α,β-unsaturated/α-hetero) is 1. The minimum atomic E-state index is -0.674. The van der Waals surface area contributed by atoms with Crippen molar-refractivity contribution in [1.82, 2.24) is 9.80 Å². The van der Waals surface area contributed by atoms with Gasteiger partial charge >= 0.3 is 0 Å². The summed E-state index contributed by atoms with van der Waals surface area (Å²) in [5, 5.41) is 11.1. The first-order valence-corrected chi connectivity index (χ1v) is 11.2. The van der Waals surface area contributed by atoms with Crippen LogP contribution in [0.25, 0.3) is 5.76 Å². The molecular weight excluding hydrogens is 420 g/mol. The SMILES string of the molecule is CCN(CC)CCCN1C(=O)C(=O)/C(=C(/O)c2ccc(OC)cc2)C1c1ccc(OC)cc1. The molecule has 2 aromatic carbocycles. The summed E-state index contributed by atoms with van der Waals surface area (Å²) in [6.07, 6.45) is 0.726. The predicted octanol–water partition coefficient (Wildman–Crippen LogP) is 3.86. The number of methoxy groups -OCH3 is 2. The Morgan fingerprint density at radius 1 is 0.939 bits per heavy atom. The second-order valence-electron chi connectivity index (χ2n) is 7.87. The molecule has 0 aromatic heterocycles. The molecule has 0 bridgehead atoms. The summed E-state index contributed by atoms with van der Waals surface area (Å²) >= 11 is 0. The average Bonchev–Trinajstić information content (AvgIpc) is 3.11. The van der Waals surface area contributed by atoms with Crippen molar-refractivity contribution in [2.45, 2.75) is 26.3 Å². The quantitative estimate of drug-likeness (QED) is 0.335. The number of carbonyl (C=O) groups excluding carboxylic acids is 2. The molecule has 1 amide bonds. The summed E-state index contributed by atoms with van der Waals surface area (Å²) in [7, 11) is 3.14. The van der Waals surface area contributed by atoms with E-state index in [9.17, 15) is 14.7 Å². The molecule has 1 heterocycles. The maximum Gasteiger partial charge on any atom is 0.295 e. The zero-order chi connectivity index (χ0) is 24.0. The van der Waals surface area contributed by atoms with E-state index in [-0.39, 0.29) is 11.3 Å². The summed E-state index contributed by atoms with van der Waals surface area (Å²) in [5.74, 6) is -0.150. The lowest BCUT2D eigenvalue weighted by Crippen LogP contribution is -2.33. The predicted molar refractivity (Wildman–Crippen MR) is 127 cm³/mol. The fourth-order valence-corrected chi connectivity index (χ4v) is 4.15. The molecule has 1 aliphatic heterocycles. The largest absolute Gasteiger partial charge is 0.507 e. The van der Waals surface area contributed by atoms with Crippen molar-refractivity contribution in [3.05, 3.63) is 65.2 Å². The lowest BCUT2D eigenvalue weighted by molar-refractivity contribution is -0.140. The second-order valence-corrected chi connectivity index (χ2v) is 7.87. The molecule has 0 aliphatic carbocycles. The van der Waals surface area contributed by atoms with Crippen molar-refractivity contribution < 1.29 is 24.2 Å². The molecule has 33 heavy (non-hydrogen) atoms. The molecule has 3 rings (SSSR count). The van der Waals surface area contributed by atoms with Crippen molar-refractivity contribution >= 4 is 17.4 Å². The van der Waals surface area contributed by atoms with E-state index in [1.807, 2.05) is 12.1 Å². The maximum atomic E-state index is 13.1. The van der Waals surface area contributed by atoms with Crippen molar-refractivity contribution in [1.29, 1.82) is 0 Å². The van der Waals surface area contributed by atoms with Gasteiger partial charge in [-0.1, -0.05) is 26.0 Å². The van der Waals surface area contributed by atoms with E-state index in [2.05, 4.69) is 18.7 Å². The van der Waals surface area contributed by atoms with Gasteiger partial charge in [0.25, 0.3) is 11.7 Å². The zero-order valence-electron chi connectivity index (χ0n) is 19.7. The molecule has 1 N–H and O–H groups in total. The summed E-state index contributed by atoms with van der Waals surface area (Å²) in [4.78, 5) is 30.0. The summed E-state index contributed by atoms with van der Waals surface area (Å²) in [6, 6.07) is 13.3. The van der Waals surface area contributed by atoms with E-state index in [1.54, 1.807) is 55.5 Å². The number of benzene rings is 2. The van der Waals surface area contributed by atoms with Crippen LogP contribution in [0.3, 0.4) is 0 Å². The van der Waals surface area contributed by atoms with Gasteiger partial charge in [-0.25, -0.2) is 0 Å². The zero-order valence-corrected chi connectivity index (χ0v) is 19.7. The van der Waals surface area contributed by atoms with Gasteiger partial charge in [0.15, 0.2) is 0 Å². The van der Waals surface area contributed by atoms with Crippen LogP contribution in [-0.2, 0) is 9.59 Å². The Kier molecular flexibility index (Phi) is 8.11. The normalized spacial score (nSPS) is 17.6. The number of hydrogen-bond donors (Lipinski definition) is 1. The van der Waals surface area contributed by atoms with Crippen LogP contribution in [-0.4, -0.2) is 67.0 Å². The van der Waals surface area contributed by atoms with Gasteiger partial charge in [-0.05, 0) is 68.0 Å². The Morgan fingerprint density at radius 2 is 1.48 bits per heavy atom. The van der Waals surface area contributed by atoms with Gasteiger partial charge in [-0.2, -0.15) is 0 Å². The van der Waals surface area contributed by atoms with Gasteiger partial charge in [0.05, 0.1) is 25.8 Å². The molecule has 1 aliphatic rings. The Hall–Kier alpha value is -3.32. The van der Waals surface area contributed by atoms with Crippen LogP contribution < -0.4 is 9.47 Å². The summed E-state index contributed by atoms with van der Waals surface area (Å²) in [5.41, 5.74) is 1.29. The lowest BCUT2D eigenvalue weighted by atomic mass is 9.95. The Bertz CT molecular complexity index is 994. The van der Waals surface area contributed by atoms with Gasteiger partial charge in [0.2, 0.25) is 0 Å². The third-order valence-corrected chi connectivity index (χ3v) is 6.10. The lowest BCUT2D eigenvalue weighted by Gasteiger charge is -2.27. The molecule has 7 nitrogen and oxygen atoms in total. The second kappa shape index (κ2) is 11.0. The van der Waals surface area contributed by atoms with E-state index >= 15 is 0 Å². The highest BCUT2D eigenvalue weighted by molar-refractivity contribution is 6.46. The number of nitrogens with zero attached hydrogens (tertiary/aromatic N) is 2. The van der Waals surface area contributed by atoms with Crippen LogP contribution >= 0.6 is 0 Å². The van der Waals surface area contributed by atoms with E-state index in [0.29, 0.717) is 23.6 Å². The number of ketones is 1. The molecule has 1 saturated heterocycles. The number of aliphatic hydroxyl groups is 1. The summed E-state index contributed by atoms with van der Waals surface area (Å²) < 4.78 is 10.4. The standard InChI is InChI=1S/C26H32N2O5/c1-5-27(6-2)16-7-17-28-23(18-8-12-20(32-3)13-9-18)22(25(30)26(28)31)24(29)19-10-14-21(33-4)15-11-19/h8-15,23,29H,5-7,16-17H2,1-4H3/b24-22+. The van der Waals surface area contributed by atoms with Crippen LogP contribution in [0.1, 0.15) is 37.4 Å². The van der Waals surface area contributed by atoms with Gasteiger partial charge in [0.1, 0.15) is 17.3 Å². The van der Waals surface area contributed by atoms with Crippen LogP contribution in [0.5, 0.6) is 11.5 Å². The van der Waals surface area contributed by atoms with Gasteiger partial charge in [0, 0.05) is 12.1 Å². The third-order valence-electron chi connectivity index (χ3n) is 6.10. The summed E-state index contributed by atoms with van der Waals surface area (Å²) in [6.45, 7) is 7.29. The third kappa shape index (κ3) is 5.20. The van der Waals surface area contributed by atoms with Gasteiger partial charge in [-0.15, -0.1) is 0 Å². The topological polar surface area (TPSA) is 79.3 Å². The monoisotopic (exact) mass is 452 g/mol. The Morgan fingerprint density at radius 3 is 2.00 bits per heavy atom. The average molecular weight is 453 g/mol. The first-order valence-electron chi connectivity index (χ1n) is 11.2. The van der Waals surface area contributed by atoms with Crippen molar-refractivity contribution in [3.8, 4) is 11.5 Å². The molecule has 1 fully saturated rings. The van der Waals surface area contributed by atoms with Crippen molar-refractivity contribution in [2.75, 3.05) is 40.4 Å². The Labute approximate surface area is 195 Å². The molecule has 0 spiro atoms. The molecule has 1 unspecified atom stereocenters. The smallest absolute Gasteiger partial charge is 0.295 e. The van der Waals surface area contributed by atoms with E-state index in [0.717, 1.165) is 31.6 Å². The fraction of sp³-hybridized carbons (Fsp3) is 0.385. The van der Waals surface area contributed by atoms with Crippen LogP contribution in [0.4, 0.5) is 0 Å². The number of hydrogen-bond acceptors (Lipinski definition) is 6. The van der Waals surface area contributed by atoms with Crippen molar-refractivity contribution in [3.63, 3.8) is 0 Å². The van der Waals surface area contributed by atoms with Gasteiger partial charge in [-0.3, -0.25) is 9.59 Å². The molecule has 176 valence electrons. The van der Waals surface area contributed by atoms with Gasteiger partial charge < -0.3 is 24.4 Å². The molecule has 0 radical (unpaired) electrons. The minimum absolute atomic E-state index is 0.0955. The van der Waals surface area contributed by atoms with E-state index < -0.39 is 17.7 Å². The maximum absolute atomic E-state index is 13.1. The van der Waals surface area contributed by atoms with E-state index in [4.69, 9.17) is 9.47 Å². The minimum Gasteiger partial charge on any atom is -0.507 e. The molecule has 0 saturated carbocycles. The number of aliphatic hydroxyl groups excluding tert-OH is 1. The number of rotatable bonds is 10. The number of amides is 1. The molecule has 2 aromatic rings. The van der Waals surface area contributed by atoms with Crippen LogP contribution in [0, 0.1) is 0 Å². The number of likely N-dealkylation sites (tertiary alicyclic amines) is 1. The fourth-order valence-electron chi connectivity index (χ4n) is 4.15. The molecule has 1 atom stereocenters. The number of ether oxygens (including phenoxy) is 2. The Balaban J connectivity index is 2.01. The molecule has 7 heteroatoms. The number of carbonyl (C=O) groups is 2.